The fourth-order valence-electron chi connectivity index (χ4n) is 1.65. The second-order valence-electron chi connectivity index (χ2n) is 4.06. The summed E-state index contributed by atoms with van der Waals surface area (Å²) in [7, 11) is 0. The monoisotopic (exact) mass is 300 g/mol. The molecule has 0 amide bonds. The molecule has 0 spiro atoms. The van der Waals surface area contributed by atoms with Crippen molar-refractivity contribution in [2.24, 2.45) is 5.84 Å². The molecule has 0 aliphatic carbocycles. The minimum Gasteiger partial charge on any atom is -0.381 e. The highest BCUT2D eigenvalue weighted by Crippen LogP contribution is 2.18. The first kappa shape index (κ1) is 14.6. The number of nitrogens with one attached hydrogen (secondary N) is 1. The van der Waals surface area contributed by atoms with E-state index in [1.165, 1.54) is 5.56 Å². The first-order chi connectivity index (χ1) is 8.27. The Morgan fingerprint density at radius 2 is 2.12 bits per heavy atom. The Labute approximate surface area is 112 Å². The molecule has 17 heavy (non-hydrogen) atoms. The third-order valence-electron chi connectivity index (χ3n) is 2.62. The first-order valence-electron chi connectivity index (χ1n) is 6.05. The van der Waals surface area contributed by atoms with Gasteiger partial charge in [-0.3, -0.25) is 11.3 Å². The maximum Gasteiger partial charge on any atom is 0.0481 e. The van der Waals surface area contributed by atoms with Crippen LogP contribution in [0.1, 0.15) is 25.3 Å². The van der Waals surface area contributed by atoms with Crippen LogP contribution >= 0.6 is 15.9 Å². The third-order valence-corrected chi connectivity index (χ3v) is 3.39. The summed E-state index contributed by atoms with van der Waals surface area (Å²) in [6, 6.07) is 8.48. The van der Waals surface area contributed by atoms with Gasteiger partial charge in [0.05, 0.1) is 0 Å². The van der Waals surface area contributed by atoms with Gasteiger partial charge in [-0.25, -0.2) is 0 Å². The third kappa shape index (κ3) is 5.64. The Balaban J connectivity index is 2.38. The van der Waals surface area contributed by atoms with Gasteiger partial charge in [0.25, 0.3) is 0 Å². The van der Waals surface area contributed by atoms with Crippen molar-refractivity contribution in [2.75, 3.05) is 13.2 Å². The number of ether oxygens (including phenoxy) is 1. The number of hydrazine groups is 1. The summed E-state index contributed by atoms with van der Waals surface area (Å²) in [5, 5.41) is 0. The lowest BCUT2D eigenvalue weighted by Gasteiger charge is -2.16. The normalized spacial score (nSPS) is 12.6. The SMILES string of the molecule is CCCOCCC(Cc1ccccc1Br)NN. The molecule has 1 aromatic carbocycles. The Kier molecular flexibility index (Phi) is 7.44. The van der Waals surface area contributed by atoms with Crippen molar-refractivity contribution in [3.8, 4) is 0 Å². The molecule has 0 aromatic heterocycles. The molecule has 0 aliphatic heterocycles. The Bertz CT molecular complexity index is 320. The highest BCUT2D eigenvalue weighted by Gasteiger charge is 2.09. The minimum absolute atomic E-state index is 0.255. The van der Waals surface area contributed by atoms with E-state index >= 15 is 0 Å². The molecule has 0 saturated heterocycles. The summed E-state index contributed by atoms with van der Waals surface area (Å²) >= 11 is 3.55. The van der Waals surface area contributed by atoms with Crippen LogP contribution in [-0.2, 0) is 11.2 Å². The molecule has 1 aromatic rings. The highest BCUT2D eigenvalue weighted by atomic mass is 79.9. The van der Waals surface area contributed by atoms with Gasteiger partial charge in [-0.2, -0.15) is 0 Å². The first-order valence-corrected chi connectivity index (χ1v) is 6.84. The van der Waals surface area contributed by atoms with E-state index in [0.29, 0.717) is 0 Å². The van der Waals surface area contributed by atoms with Crippen molar-refractivity contribution in [1.29, 1.82) is 0 Å². The van der Waals surface area contributed by atoms with Crippen LogP contribution in [0.15, 0.2) is 28.7 Å². The van der Waals surface area contributed by atoms with Gasteiger partial charge in [0, 0.05) is 23.7 Å². The fraction of sp³-hybridized carbons (Fsp3) is 0.538. The molecular formula is C13H21BrN2O. The summed E-state index contributed by atoms with van der Waals surface area (Å²) in [5.74, 6) is 5.56. The second-order valence-corrected chi connectivity index (χ2v) is 4.91. The zero-order chi connectivity index (χ0) is 12.5. The summed E-state index contributed by atoms with van der Waals surface area (Å²) in [4.78, 5) is 0. The van der Waals surface area contributed by atoms with Crippen LogP contribution in [-0.4, -0.2) is 19.3 Å². The van der Waals surface area contributed by atoms with Gasteiger partial charge < -0.3 is 4.74 Å². The number of benzene rings is 1. The molecule has 4 heteroatoms. The Hall–Kier alpha value is -0.420. The molecule has 3 N–H and O–H groups in total. The smallest absolute Gasteiger partial charge is 0.0481 e. The number of rotatable bonds is 8. The molecule has 1 atom stereocenters. The van der Waals surface area contributed by atoms with Crippen LogP contribution in [0.4, 0.5) is 0 Å². The van der Waals surface area contributed by atoms with Crippen LogP contribution in [0.5, 0.6) is 0 Å². The van der Waals surface area contributed by atoms with Gasteiger partial charge in [-0.15, -0.1) is 0 Å². The van der Waals surface area contributed by atoms with Crippen molar-refractivity contribution < 1.29 is 4.74 Å². The molecule has 0 bridgehead atoms. The van der Waals surface area contributed by atoms with Crippen LogP contribution in [0.25, 0.3) is 0 Å². The highest BCUT2D eigenvalue weighted by molar-refractivity contribution is 9.10. The van der Waals surface area contributed by atoms with E-state index in [1.807, 2.05) is 12.1 Å². The topological polar surface area (TPSA) is 47.3 Å². The van der Waals surface area contributed by atoms with E-state index in [4.69, 9.17) is 10.6 Å². The maximum atomic E-state index is 5.56. The number of hydrogen-bond donors (Lipinski definition) is 2. The van der Waals surface area contributed by atoms with E-state index in [9.17, 15) is 0 Å². The molecule has 96 valence electrons. The van der Waals surface area contributed by atoms with Crippen LogP contribution < -0.4 is 11.3 Å². The maximum absolute atomic E-state index is 5.56. The van der Waals surface area contributed by atoms with E-state index in [-0.39, 0.29) is 6.04 Å². The standard InChI is InChI=1S/C13H21BrN2O/c1-2-8-17-9-7-12(16-15)10-11-5-3-4-6-13(11)14/h3-6,12,16H,2,7-10,15H2,1H3. The molecule has 1 unspecified atom stereocenters. The van der Waals surface area contributed by atoms with E-state index in [2.05, 4.69) is 40.4 Å². The van der Waals surface area contributed by atoms with Gasteiger partial charge in [-0.1, -0.05) is 41.1 Å². The minimum atomic E-state index is 0.255. The molecule has 0 radical (unpaired) electrons. The van der Waals surface area contributed by atoms with Crippen LogP contribution in [0, 0.1) is 0 Å². The predicted molar refractivity (Wildman–Crippen MR) is 74.7 cm³/mol. The molecule has 0 heterocycles. The molecular weight excluding hydrogens is 280 g/mol. The van der Waals surface area contributed by atoms with Crippen molar-refractivity contribution in [1.82, 2.24) is 5.43 Å². The number of hydrogen-bond acceptors (Lipinski definition) is 3. The summed E-state index contributed by atoms with van der Waals surface area (Å²) in [5.41, 5.74) is 4.12. The van der Waals surface area contributed by atoms with Gasteiger partial charge in [-0.05, 0) is 30.9 Å². The van der Waals surface area contributed by atoms with Gasteiger partial charge in [0.15, 0.2) is 0 Å². The summed E-state index contributed by atoms with van der Waals surface area (Å²) < 4.78 is 6.61. The predicted octanol–water partition coefficient (Wildman–Crippen LogP) is 2.64. The lowest BCUT2D eigenvalue weighted by molar-refractivity contribution is 0.124. The van der Waals surface area contributed by atoms with Crippen molar-refractivity contribution in [2.45, 2.75) is 32.2 Å². The lowest BCUT2D eigenvalue weighted by Crippen LogP contribution is -2.37. The second kappa shape index (κ2) is 8.64. The van der Waals surface area contributed by atoms with Crippen molar-refractivity contribution in [3.63, 3.8) is 0 Å². The lowest BCUT2D eigenvalue weighted by atomic mass is 10.0. The number of halogens is 1. The van der Waals surface area contributed by atoms with Crippen LogP contribution in [0.2, 0.25) is 0 Å². The largest absolute Gasteiger partial charge is 0.381 e. The summed E-state index contributed by atoms with van der Waals surface area (Å²) in [6.07, 6.45) is 2.90. The molecule has 3 nitrogen and oxygen atoms in total. The Morgan fingerprint density at radius 3 is 2.76 bits per heavy atom. The molecule has 1 rings (SSSR count). The average molecular weight is 301 g/mol. The van der Waals surface area contributed by atoms with Gasteiger partial charge in [0.1, 0.15) is 0 Å². The summed E-state index contributed by atoms with van der Waals surface area (Å²) in [6.45, 7) is 3.69. The number of nitrogens with two attached hydrogens (primary N) is 1. The molecule has 0 fully saturated rings. The van der Waals surface area contributed by atoms with Crippen molar-refractivity contribution >= 4 is 15.9 Å². The van der Waals surface area contributed by atoms with E-state index in [1.54, 1.807) is 0 Å². The van der Waals surface area contributed by atoms with E-state index in [0.717, 1.165) is 36.9 Å². The van der Waals surface area contributed by atoms with Gasteiger partial charge in [0.2, 0.25) is 0 Å². The zero-order valence-corrected chi connectivity index (χ0v) is 11.9. The average Bonchev–Trinajstić information content (AvgIpc) is 2.35. The van der Waals surface area contributed by atoms with E-state index < -0.39 is 0 Å². The Morgan fingerprint density at radius 1 is 1.35 bits per heavy atom. The molecule has 0 saturated carbocycles. The van der Waals surface area contributed by atoms with Crippen LogP contribution in [0.3, 0.4) is 0 Å². The quantitative estimate of drug-likeness (QED) is 0.441. The molecule has 0 aliphatic rings. The van der Waals surface area contributed by atoms with Crippen molar-refractivity contribution in [3.05, 3.63) is 34.3 Å². The fourth-order valence-corrected chi connectivity index (χ4v) is 2.09. The zero-order valence-electron chi connectivity index (χ0n) is 10.3. The van der Waals surface area contributed by atoms with Gasteiger partial charge >= 0.3 is 0 Å².